The van der Waals surface area contributed by atoms with Crippen molar-refractivity contribution < 1.29 is 35.9 Å². The van der Waals surface area contributed by atoms with Crippen molar-refractivity contribution in [3.63, 3.8) is 0 Å². The minimum absolute atomic E-state index is 0.0964. The van der Waals surface area contributed by atoms with Crippen LogP contribution < -0.4 is 5.73 Å². The molecule has 33 heavy (non-hydrogen) atoms. The van der Waals surface area contributed by atoms with Crippen molar-refractivity contribution in [1.29, 1.82) is 0 Å². The molecule has 2 N–H and O–H groups in total. The number of amides is 2. The van der Waals surface area contributed by atoms with Crippen LogP contribution in [0.25, 0.3) is 0 Å². The van der Waals surface area contributed by atoms with Gasteiger partial charge in [0.1, 0.15) is 5.82 Å². The molecule has 0 spiro atoms. The second-order valence-corrected chi connectivity index (χ2v) is 7.90. The highest BCUT2D eigenvalue weighted by Crippen LogP contribution is 2.35. The molecular weight excluding hydrogens is 456 g/mol. The Kier molecular flexibility index (Phi) is 6.73. The Bertz CT molecular complexity index is 1070. The zero-order chi connectivity index (χ0) is 24.7. The normalized spacial score (nSPS) is 17.0. The predicted octanol–water partition coefficient (Wildman–Crippen LogP) is 2.25. The fourth-order valence-electron chi connectivity index (χ4n) is 3.75. The van der Waals surface area contributed by atoms with E-state index in [1.54, 1.807) is 0 Å². The monoisotopic (exact) mass is 477 g/mol. The van der Waals surface area contributed by atoms with E-state index in [0.717, 1.165) is 20.6 Å². The Morgan fingerprint density at radius 3 is 2.39 bits per heavy atom. The van der Waals surface area contributed by atoms with Crippen molar-refractivity contribution in [1.82, 2.24) is 19.4 Å². The molecule has 1 aromatic heterocycles. The summed E-state index contributed by atoms with van der Waals surface area (Å²) in [6.07, 6.45) is -4.54. The molecule has 0 aliphatic carbocycles. The minimum atomic E-state index is -4.74. The van der Waals surface area contributed by atoms with Crippen molar-refractivity contribution >= 4 is 11.8 Å². The topological polar surface area (TPSA) is 84.5 Å². The van der Waals surface area contributed by atoms with Gasteiger partial charge >= 0.3 is 6.18 Å². The number of hydrogen-bond acceptors (Lipinski definition) is 4. The molecule has 2 atom stereocenters. The number of nitrogens with zero attached hydrogens (tertiary/aromatic N) is 4. The zero-order valence-electron chi connectivity index (χ0n) is 17.7. The number of likely N-dealkylation sites (N-methyl/N-ethyl adjacent to an activating group) is 1. The average molecular weight is 477 g/mol. The van der Waals surface area contributed by atoms with Gasteiger partial charge in [-0.3, -0.25) is 9.59 Å². The number of hydrogen-bond donors (Lipinski definition) is 1. The van der Waals surface area contributed by atoms with Crippen molar-refractivity contribution in [2.24, 2.45) is 5.73 Å². The molecule has 1 aromatic carbocycles. The second-order valence-electron chi connectivity index (χ2n) is 7.90. The number of nitrogens with two attached hydrogens (primary N) is 1. The molecule has 180 valence electrons. The zero-order valence-corrected chi connectivity index (χ0v) is 17.7. The summed E-state index contributed by atoms with van der Waals surface area (Å²) in [5.74, 6) is -6.14. The maximum absolute atomic E-state index is 13.9. The molecule has 13 heteroatoms. The van der Waals surface area contributed by atoms with E-state index in [1.807, 2.05) is 0 Å². The summed E-state index contributed by atoms with van der Waals surface area (Å²) in [5.41, 5.74) is 5.58. The highest BCUT2D eigenvalue weighted by Gasteiger charge is 2.44. The van der Waals surface area contributed by atoms with Gasteiger partial charge in [-0.1, -0.05) is 0 Å². The molecule has 2 aromatic rings. The first-order chi connectivity index (χ1) is 15.3. The molecule has 0 bridgehead atoms. The van der Waals surface area contributed by atoms with Crippen LogP contribution in [0.15, 0.2) is 18.3 Å². The number of fused-ring (bicyclic) bond motifs is 1. The van der Waals surface area contributed by atoms with Crippen LogP contribution in [-0.4, -0.2) is 57.8 Å². The Morgan fingerprint density at radius 1 is 1.15 bits per heavy atom. The summed E-state index contributed by atoms with van der Waals surface area (Å²) in [5, 5.41) is 0. The number of imidazole rings is 1. The van der Waals surface area contributed by atoms with Crippen LogP contribution in [0.4, 0.5) is 26.3 Å². The van der Waals surface area contributed by atoms with Gasteiger partial charge in [0.05, 0.1) is 11.9 Å². The number of halogens is 6. The quantitative estimate of drug-likeness (QED) is 0.529. The maximum atomic E-state index is 13.9. The first kappa shape index (κ1) is 24.6. The van der Waals surface area contributed by atoms with Crippen LogP contribution in [0, 0.1) is 17.5 Å². The summed E-state index contributed by atoms with van der Waals surface area (Å²) in [7, 11) is 2.78. The van der Waals surface area contributed by atoms with E-state index >= 15 is 0 Å². The van der Waals surface area contributed by atoms with Gasteiger partial charge in [0, 0.05) is 45.7 Å². The highest BCUT2D eigenvalue weighted by molar-refractivity contribution is 5.88. The minimum Gasteiger partial charge on any atom is -0.347 e. The molecule has 0 saturated heterocycles. The van der Waals surface area contributed by atoms with Crippen LogP contribution in [0.1, 0.15) is 29.5 Å². The fourth-order valence-corrected chi connectivity index (χ4v) is 3.75. The Labute approximate surface area is 184 Å². The van der Waals surface area contributed by atoms with Gasteiger partial charge in [0.2, 0.25) is 11.7 Å². The van der Waals surface area contributed by atoms with E-state index in [-0.39, 0.29) is 30.8 Å². The van der Waals surface area contributed by atoms with E-state index < -0.39 is 59.8 Å². The number of alkyl halides is 3. The van der Waals surface area contributed by atoms with Crippen LogP contribution in [0.5, 0.6) is 0 Å². The van der Waals surface area contributed by atoms with Crippen molar-refractivity contribution in [2.45, 2.75) is 37.6 Å². The SMILES string of the molecule is CN(C)C(=O)C1c2cnc(C(F)(F)F)n2CCN1C(=O)C[C@H](N)Cc1cc(F)c(F)cc1F. The highest BCUT2D eigenvalue weighted by atomic mass is 19.4. The molecule has 2 heterocycles. The van der Waals surface area contributed by atoms with E-state index in [0.29, 0.717) is 12.1 Å². The lowest BCUT2D eigenvalue weighted by atomic mass is 10.0. The number of carbonyl (C=O) groups is 2. The molecule has 0 saturated carbocycles. The molecular formula is C20H21F6N5O2. The summed E-state index contributed by atoms with van der Waals surface area (Å²) in [4.78, 5) is 31.4. The van der Waals surface area contributed by atoms with Gasteiger partial charge in [0.15, 0.2) is 17.7 Å². The van der Waals surface area contributed by atoms with Crippen molar-refractivity contribution in [3.8, 4) is 0 Å². The van der Waals surface area contributed by atoms with Crippen LogP contribution in [0.3, 0.4) is 0 Å². The Balaban J connectivity index is 1.83. The molecule has 2 amide bonds. The van der Waals surface area contributed by atoms with Gasteiger partial charge in [-0.15, -0.1) is 0 Å². The van der Waals surface area contributed by atoms with E-state index in [2.05, 4.69) is 4.98 Å². The summed E-state index contributed by atoms with van der Waals surface area (Å²) < 4.78 is 81.1. The lowest BCUT2D eigenvalue weighted by Crippen LogP contribution is -2.49. The predicted molar refractivity (Wildman–Crippen MR) is 103 cm³/mol. The third-order valence-corrected chi connectivity index (χ3v) is 5.30. The summed E-state index contributed by atoms with van der Waals surface area (Å²) in [6.45, 7) is -0.470. The lowest BCUT2D eigenvalue weighted by Gasteiger charge is -2.37. The standard InChI is InChI=1S/C20H21F6N5O2/c1-29(2)18(33)17-15-9-28-19(20(24,25)26)30(15)3-4-31(17)16(32)7-11(27)5-10-6-13(22)14(23)8-12(10)21/h6,8-9,11,17H,3-5,7,27H2,1-2H3/t11-,17?/m1/s1. The van der Waals surface area contributed by atoms with Crippen LogP contribution >= 0.6 is 0 Å². The van der Waals surface area contributed by atoms with Gasteiger partial charge in [-0.25, -0.2) is 18.2 Å². The van der Waals surface area contributed by atoms with E-state index in [4.69, 9.17) is 5.73 Å². The second kappa shape index (κ2) is 9.04. The molecule has 0 radical (unpaired) electrons. The number of aromatic nitrogens is 2. The number of rotatable bonds is 5. The van der Waals surface area contributed by atoms with Crippen molar-refractivity contribution in [3.05, 3.63) is 52.9 Å². The molecule has 7 nitrogen and oxygen atoms in total. The fraction of sp³-hybridized carbons (Fsp3) is 0.450. The summed E-state index contributed by atoms with van der Waals surface area (Å²) in [6, 6.07) is -1.37. The third kappa shape index (κ3) is 4.97. The maximum Gasteiger partial charge on any atom is 0.449 e. The van der Waals surface area contributed by atoms with Gasteiger partial charge in [-0.2, -0.15) is 13.2 Å². The lowest BCUT2D eigenvalue weighted by molar-refractivity contribution is -0.151. The molecule has 0 fully saturated rings. The van der Waals surface area contributed by atoms with E-state index in [1.165, 1.54) is 14.1 Å². The summed E-state index contributed by atoms with van der Waals surface area (Å²) >= 11 is 0. The van der Waals surface area contributed by atoms with E-state index in [9.17, 15) is 35.9 Å². The molecule has 1 unspecified atom stereocenters. The van der Waals surface area contributed by atoms with Gasteiger partial charge < -0.3 is 20.1 Å². The number of carbonyl (C=O) groups excluding carboxylic acids is 2. The van der Waals surface area contributed by atoms with Crippen LogP contribution in [0.2, 0.25) is 0 Å². The molecule has 1 aliphatic heterocycles. The molecule has 1 aliphatic rings. The first-order valence-electron chi connectivity index (χ1n) is 9.83. The smallest absolute Gasteiger partial charge is 0.347 e. The van der Waals surface area contributed by atoms with Crippen molar-refractivity contribution in [2.75, 3.05) is 20.6 Å². The van der Waals surface area contributed by atoms with Gasteiger partial charge in [0.25, 0.3) is 5.91 Å². The first-order valence-corrected chi connectivity index (χ1v) is 9.83. The largest absolute Gasteiger partial charge is 0.449 e. The number of benzene rings is 1. The Hall–Kier alpha value is -3.09. The Morgan fingerprint density at radius 2 is 1.79 bits per heavy atom. The third-order valence-electron chi connectivity index (χ3n) is 5.30. The van der Waals surface area contributed by atoms with Crippen LogP contribution in [-0.2, 0) is 28.7 Å². The van der Waals surface area contributed by atoms with Gasteiger partial charge in [-0.05, 0) is 18.1 Å². The average Bonchev–Trinajstić information content (AvgIpc) is 3.15. The molecule has 3 rings (SSSR count).